The fraction of sp³-hybridized carbons (Fsp3) is 0.263. The van der Waals surface area contributed by atoms with Gasteiger partial charge in [-0.05, 0) is 44.2 Å². The summed E-state index contributed by atoms with van der Waals surface area (Å²) in [5, 5.41) is 3.80. The van der Waals surface area contributed by atoms with Crippen molar-refractivity contribution in [2.45, 2.75) is 20.3 Å². The molecule has 26 heavy (non-hydrogen) atoms. The number of rotatable bonds is 3. The van der Waals surface area contributed by atoms with Crippen LogP contribution in [0.1, 0.15) is 17.1 Å². The Morgan fingerprint density at radius 1 is 1.23 bits per heavy atom. The molecular weight excluding hydrogens is 348 g/mol. The van der Waals surface area contributed by atoms with E-state index in [1.54, 1.807) is 22.3 Å². The summed E-state index contributed by atoms with van der Waals surface area (Å²) < 4.78 is 1.10. The van der Waals surface area contributed by atoms with Crippen molar-refractivity contribution in [2.75, 3.05) is 16.8 Å². The number of thiazole rings is 1. The number of carbonyl (C=O) groups excluding carboxylic acids is 2. The lowest BCUT2D eigenvalue weighted by Gasteiger charge is -2.16. The molecule has 132 valence electrons. The first-order chi connectivity index (χ1) is 12.5. The molecule has 1 aliphatic rings. The molecule has 0 aliphatic carbocycles. The standard InChI is InChI=1S/C19H18N4O2S/c1-11-4-3-5-17(20-11)22-19(25)13-8-18(24)23(10-13)14-6-7-16-15(9-14)21-12(2)26-16/h3-7,9,13H,8,10H2,1-2H3,(H,20,22,25). The molecule has 3 aromatic rings. The van der Waals surface area contributed by atoms with Gasteiger partial charge in [0.25, 0.3) is 0 Å². The number of aromatic nitrogens is 2. The van der Waals surface area contributed by atoms with Crippen molar-refractivity contribution in [2.24, 2.45) is 5.92 Å². The average Bonchev–Trinajstić information content (AvgIpc) is 3.16. The number of anilines is 2. The lowest BCUT2D eigenvalue weighted by molar-refractivity contribution is -0.122. The van der Waals surface area contributed by atoms with Crippen LogP contribution in [0.2, 0.25) is 0 Å². The maximum absolute atomic E-state index is 12.5. The van der Waals surface area contributed by atoms with Gasteiger partial charge in [-0.1, -0.05) is 6.07 Å². The van der Waals surface area contributed by atoms with Crippen LogP contribution in [0.5, 0.6) is 0 Å². The molecule has 3 heterocycles. The minimum Gasteiger partial charge on any atom is -0.312 e. The first-order valence-electron chi connectivity index (χ1n) is 8.42. The second-order valence-corrected chi connectivity index (χ2v) is 7.68. The number of fused-ring (bicyclic) bond motifs is 1. The van der Waals surface area contributed by atoms with E-state index >= 15 is 0 Å². The average molecular weight is 366 g/mol. The monoisotopic (exact) mass is 366 g/mol. The zero-order chi connectivity index (χ0) is 18.3. The maximum Gasteiger partial charge on any atom is 0.230 e. The van der Waals surface area contributed by atoms with Gasteiger partial charge in [-0.3, -0.25) is 9.59 Å². The number of hydrogen-bond donors (Lipinski definition) is 1. The van der Waals surface area contributed by atoms with Crippen LogP contribution in [-0.4, -0.2) is 28.3 Å². The second kappa shape index (κ2) is 6.49. The fourth-order valence-electron chi connectivity index (χ4n) is 3.17. The predicted octanol–water partition coefficient (Wildman–Crippen LogP) is 3.30. The summed E-state index contributed by atoms with van der Waals surface area (Å²) in [5.74, 6) is -0.101. The third-order valence-electron chi connectivity index (χ3n) is 4.43. The van der Waals surface area contributed by atoms with Crippen molar-refractivity contribution >= 4 is 44.9 Å². The third-order valence-corrected chi connectivity index (χ3v) is 5.38. The Morgan fingerprint density at radius 3 is 2.88 bits per heavy atom. The first kappa shape index (κ1) is 16.7. The Labute approximate surface area is 154 Å². The second-order valence-electron chi connectivity index (χ2n) is 6.44. The molecule has 1 aromatic carbocycles. The number of nitrogens with zero attached hydrogens (tertiary/aromatic N) is 3. The van der Waals surface area contributed by atoms with E-state index in [4.69, 9.17) is 0 Å². The lowest BCUT2D eigenvalue weighted by Crippen LogP contribution is -2.28. The molecule has 7 heteroatoms. The Hall–Kier alpha value is -2.80. The molecule has 0 radical (unpaired) electrons. The van der Waals surface area contributed by atoms with Gasteiger partial charge in [-0.2, -0.15) is 0 Å². The summed E-state index contributed by atoms with van der Waals surface area (Å²) in [7, 11) is 0. The van der Waals surface area contributed by atoms with Crippen LogP contribution in [0.4, 0.5) is 11.5 Å². The quantitative estimate of drug-likeness (QED) is 0.772. The summed E-state index contributed by atoms with van der Waals surface area (Å²) in [6.45, 7) is 4.20. The van der Waals surface area contributed by atoms with Crippen LogP contribution < -0.4 is 10.2 Å². The van der Waals surface area contributed by atoms with E-state index in [1.165, 1.54) is 0 Å². The van der Waals surface area contributed by atoms with E-state index in [9.17, 15) is 9.59 Å². The Bertz CT molecular complexity index is 1010. The molecule has 0 spiro atoms. The van der Waals surface area contributed by atoms with Gasteiger partial charge < -0.3 is 10.2 Å². The molecule has 1 N–H and O–H groups in total. The molecule has 1 atom stereocenters. The van der Waals surface area contributed by atoms with E-state index < -0.39 is 5.92 Å². The van der Waals surface area contributed by atoms with Crippen molar-refractivity contribution in [3.8, 4) is 0 Å². The molecular formula is C19H18N4O2S. The molecule has 0 bridgehead atoms. The third kappa shape index (κ3) is 3.17. The number of aryl methyl sites for hydroxylation is 2. The van der Waals surface area contributed by atoms with E-state index in [0.29, 0.717) is 12.4 Å². The number of nitrogens with one attached hydrogen (secondary N) is 1. The van der Waals surface area contributed by atoms with Gasteiger partial charge in [0.1, 0.15) is 5.82 Å². The van der Waals surface area contributed by atoms with Gasteiger partial charge in [0, 0.05) is 24.3 Å². The van der Waals surface area contributed by atoms with Crippen LogP contribution in [-0.2, 0) is 9.59 Å². The minimum atomic E-state index is -0.391. The van der Waals surface area contributed by atoms with E-state index in [-0.39, 0.29) is 18.2 Å². The maximum atomic E-state index is 12.5. The highest BCUT2D eigenvalue weighted by Gasteiger charge is 2.35. The summed E-state index contributed by atoms with van der Waals surface area (Å²) in [6, 6.07) is 11.3. The number of benzene rings is 1. The minimum absolute atomic E-state index is 0.0475. The number of amides is 2. The zero-order valence-corrected chi connectivity index (χ0v) is 15.3. The van der Waals surface area contributed by atoms with E-state index in [1.807, 2.05) is 44.2 Å². The van der Waals surface area contributed by atoms with E-state index in [2.05, 4.69) is 15.3 Å². The van der Waals surface area contributed by atoms with E-state index in [0.717, 1.165) is 26.6 Å². The first-order valence-corrected chi connectivity index (χ1v) is 9.23. The normalized spacial score (nSPS) is 17.1. The molecule has 1 unspecified atom stereocenters. The van der Waals surface area contributed by atoms with Crippen LogP contribution in [0.25, 0.3) is 10.2 Å². The van der Waals surface area contributed by atoms with Crippen LogP contribution in [0.15, 0.2) is 36.4 Å². The molecule has 1 aliphatic heterocycles. The number of hydrogen-bond acceptors (Lipinski definition) is 5. The van der Waals surface area contributed by atoms with Crippen molar-refractivity contribution < 1.29 is 9.59 Å². The Kier molecular flexibility index (Phi) is 4.16. The number of carbonyl (C=O) groups is 2. The molecule has 0 saturated carbocycles. The molecule has 2 amide bonds. The SMILES string of the molecule is Cc1cccc(NC(=O)C2CC(=O)N(c3ccc4sc(C)nc4c3)C2)n1. The molecule has 1 fully saturated rings. The molecule has 6 nitrogen and oxygen atoms in total. The highest BCUT2D eigenvalue weighted by atomic mass is 32.1. The van der Waals surface area contributed by atoms with Gasteiger partial charge in [-0.25, -0.2) is 9.97 Å². The number of pyridine rings is 1. The van der Waals surface area contributed by atoms with Crippen molar-refractivity contribution in [3.05, 3.63) is 47.1 Å². The van der Waals surface area contributed by atoms with Crippen LogP contribution in [0.3, 0.4) is 0 Å². The Balaban J connectivity index is 1.51. The lowest BCUT2D eigenvalue weighted by atomic mass is 10.1. The summed E-state index contributed by atoms with van der Waals surface area (Å²) in [6.07, 6.45) is 0.200. The van der Waals surface area contributed by atoms with Crippen LogP contribution >= 0.6 is 11.3 Å². The van der Waals surface area contributed by atoms with Crippen LogP contribution in [0, 0.1) is 19.8 Å². The van der Waals surface area contributed by atoms with Gasteiger partial charge in [0.05, 0.1) is 21.1 Å². The van der Waals surface area contributed by atoms with Crippen molar-refractivity contribution in [1.82, 2.24) is 9.97 Å². The molecule has 1 saturated heterocycles. The highest BCUT2D eigenvalue weighted by Crippen LogP contribution is 2.30. The fourth-order valence-corrected chi connectivity index (χ4v) is 3.98. The topological polar surface area (TPSA) is 75.2 Å². The van der Waals surface area contributed by atoms with Gasteiger partial charge >= 0.3 is 0 Å². The van der Waals surface area contributed by atoms with Gasteiger partial charge in [0.2, 0.25) is 11.8 Å². The smallest absolute Gasteiger partial charge is 0.230 e. The van der Waals surface area contributed by atoms with Crippen molar-refractivity contribution in [3.63, 3.8) is 0 Å². The molecule has 4 rings (SSSR count). The Morgan fingerprint density at radius 2 is 2.08 bits per heavy atom. The van der Waals surface area contributed by atoms with Gasteiger partial charge in [-0.15, -0.1) is 11.3 Å². The summed E-state index contributed by atoms with van der Waals surface area (Å²) in [5.41, 5.74) is 2.50. The van der Waals surface area contributed by atoms with Crippen molar-refractivity contribution in [1.29, 1.82) is 0 Å². The summed E-state index contributed by atoms with van der Waals surface area (Å²) >= 11 is 1.63. The predicted molar refractivity (Wildman–Crippen MR) is 102 cm³/mol. The molecule has 2 aromatic heterocycles. The summed E-state index contributed by atoms with van der Waals surface area (Å²) in [4.78, 5) is 35.4. The highest BCUT2D eigenvalue weighted by molar-refractivity contribution is 7.18. The zero-order valence-electron chi connectivity index (χ0n) is 14.5. The largest absolute Gasteiger partial charge is 0.312 e. The van der Waals surface area contributed by atoms with Gasteiger partial charge in [0.15, 0.2) is 0 Å².